The van der Waals surface area contributed by atoms with Gasteiger partial charge in [0.15, 0.2) is 5.67 Å². The lowest BCUT2D eigenvalue weighted by Gasteiger charge is -2.35. The van der Waals surface area contributed by atoms with Crippen LogP contribution in [0.2, 0.25) is 0 Å². The molecule has 45 heavy (non-hydrogen) atoms. The molecule has 0 spiro atoms. The molecule has 3 unspecified atom stereocenters. The molecule has 4 N–H and O–H groups in total. The maximum Gasteiger partial charge on any atom is 0.258 e. The number of aromatic nitrogens is 1. The van der Waals surface area contributed by atoms with Gasteiger partial charge < -0.3 is 30.7 Å². The van der Waals surface area contributed by atoms with E-state index in [0.29, 0.717) is 18.3 Å². The third-order valence-electron chi connectivity index (χ3n) is 9.12. The van der Waals surface area contributed by atoms with Crippen molar-refractivity contribution in [2.45, 2.75) is 96.6 Å². The second-order valence-corrected chi connectivity index (χ2v) is 14.6. The van der Waals surface area contributed by atoms with Gasteiger partial charge in [0.2, 0.25) is 11.8 Å². The molecule has 5 rings (SSSR count). The van der Waals surface area contributed by atoms with Crippen LogP contribution >= 0.6 is 11.3 Å². The summed E-state index contributed by atoms with van der Waals surface area (Å²) in [6, 6.07) is 3.94. The Morgan fingerprint density at radius 2 is 1.98 bits per heavy atom. The number of piperidine rings is 1. The van der Waals surface area contributed by atoms with Gasteiger partial charge in [0, 0.05) is 25.1 Å². The Kier molecular flexibility index (Phi) is 10.1. The number of amides is 3. The summed E-state index contributed by atoms with van der Waals surface area (Å²) in [5.41, 5.74) is 1.87. The number of alkyl halides is 1. The van der Waals surface area contributed by atoms with Crippen molar-refractivity contribution in [1.82, 2.24) is 25.8 Å². The summed E-state index contributed by atoms with van der Waals surface area (Å²) in [5, 5.41) is 19.4. The molecule has 0 radical (unpaired) electrons. The van der Waals surface area contributed by atoms with Gasteiger partial charge in [-0.1, -0.05) is 32.9 Å². The van der Waals surface area contributed by atoms with Crippen LogP contribution in [-0.4, -0.2) is 82.8 Å². The Bertz CT molecular complexity index is 1380. The van der Waals surface area contributed by atoms with E-state index in [0.717, 1.165) is 54.0 Å². The normalized spacial score (nSPS) is 22.1. The van der Waals surface area contributed by atoms with Crippen LogP contribution in [0, 0.1) is 18.3 Å². The smallest absolute Gasteiger partial charge is 0.258 e. The van der Waals surface area contributed by atoms with Crippen LogP contribution in [0.25, 0.3) is 10.4 Å². The minimum atomic E-state index is -1.94. The molecule has 1 aromatic carbocycles. The van der Waals surface area contributed by atoms with Crippen molar-refractivity contribution in [3.63, 3.8) is 0 Å². The maximum atomic E-state index is 14.5. The number of benzene rings is 1. The number of carbonyl (C=O) groups excluding carboxylic acids is 3. The van der Waals surface area contributed by atoms with Crippen molar-refractivity contribution in [3.05, 3.63) is 35.0 Å². The number of carbonyl (C=O) groups is 3. The molecule has 1 aliphatic carbocycles. The number of thiazole rings is 1. The summed E-state index contributed by atoms with van der Waals surface area (Å²) in [4.78, 5) is 46.6. The lowest BCUT2D eigenvalue weighted by Crippen LogP contribution is -2.59. The van der Waals surface area contributed by atoms with Crippen molar-refractivity contribution in [2.75, 3.05) is 26.2 Å². The highest BCUT2D eigenvalue weighted by Crippen LogP contribution is 2.40. The highest BCUT2D eigenvalue weighted by Gasteiger charge is 2.53. The monoisotopic (exact) mass is 643 g/mol. The van der Waals surface area contributed by atoms with Gasteiger partial charge >= 0.3 is 0 Å². The van der Waals surface area contributed by atoms with Crippen LogP contribution in [0.5, 0.6) is 5.75 Å². The first-order chi connectivity index (χ1) is 21.4. The van der Waals surface area contributed by atoms with Gasteiger partial charge in [0.05, 0.1) is 28.8 Å². The molecule has 1 saturated carbocycles. The number of hydrogen-bond acceptors (Lipinski definition) is 8. The Hall–Kier alpha value is -3.09. The van der Waals surface area contributed by atoms with E-state index in [1.165, 1.54) is 4.90 Å². The number of halogens is 1. The van der Waals surface area contributed by atoms with Gasteiger partial charge in [-0.3, -0.25) is 14.4 Å². The second-order valence-electron chi connectivity index (χ2n) is 13.8. The molecule has 1 aromatic heterocycles. The molecule has 246 valence electrons. The predicted molar refractivity (Wildman–Crippen MR) is 170 cm³/mol. The number of likely N-dealkylation sites (tertiary alicyclic amines) is 1. The first-order valence-corrected chi connectivity index (χ1v) is 16.9. The maximum absolute atomic E-state index is 14.5. The van der Waals surface area contributed by atoms with E-state index >= 15 is 0 Å². The first kappa shape index (κ1) is 33.3. The van der Waals surface area contributed by atoms with Gasteiger partial charge in [-0.15, -0.1) is 11.3 Å². The van der Waals surface area contributed by atoms with Gasteiger partial charge in [-0.05, 0) is 75.1 Å². The zero-order valence-electron chi connectivity index (χ0n) is 26.7. The third-order valence-corrected chi connectivity index (χ3v) is 10.1. The third kappa shape index (κ3) is 8.01. The number of nitrogens with zero attached hydrogens (tertiary/aromatic N) is 2. The molecule has 2 saturated heterocycles. The molecule has 3 amide bonds. The zero-order valence-corrected chi connectivity index (χ0v) is 27.5. The number of rotatable bonds is 11. The molecule has 2 aliphatic heterocycles. The number of β-amino-alcohol motifs (C(OH)–C–C–N with tert-alkyl or cyclic N) is 1. The minimum absolute atomic E-state index is 0.0475. The van der Waals surface area contributed by atoms with Crippen LogP contribution in [0.4, 0.5) is 4.39 Å². The van der Waals surface area contributed by atoms with Crippen LogP contribution in [0.15, 0.2) is 23.7 Å². The van der Waals surface area contributed by atoms with Crippen molar-refractivity contribution in [1.29, 1.82) is 0 Å². The molecule has 0 bridgehead atoms. The molecule has 12 heteroatoms. The molecule has 3 aliphatic rings. The predicted octanol–water partition coefficient (Wildman–Crippen LogP) is 3.50. The summed E-state index contributed by atoms with van der Waals surface area (Å²) in [7, 11) is 0. The van der Waals surface area contributed by atoms with Crippen molar-refractivity contribution < 1.29 is 28.6 Å². The van der Waals surface area contributed by atoms with Gasteiger partial charge in [0.1, 0.15) is 17.8 Å². The van der Waals surface area contributed by atoms with Crippen LogP contribution in [-0.2, 0) is 20.9 Å². The fraction of sp³-hybridized carbons (Fsp3) is 0.636. The van der Waals surface area contributed by atoms with Crippen molar-refractivity contribution in [3.8, 4) is 16.2 Å². The van der Waals surface area contributed by atoms with Crippen molar-refractivity contribution in [2.24, 2.45) is 11.3 Å². The largest absolute Gasteiger partial charge is 0.493 e. The van der Waals surface area contributed by atoms with E-state index < -0.39 is 47.0 Å². The zero-order chi connectivity index (χ0) is 32.4. The highest BCUT2D eigenvalue weighted by atomic mass is 32.1. The lowest BCUT2D eigenvalue weighted by atomic mass is 9.85. The molecule has 3 fully saturated rings. The topological polar surface area (TPSA) is 133 Å². The van der Waals surface area contributed by atoms with E-state index in [1.807, 2.05) is 30.6 Å². The molecular weight excluding hydrogens is 597 g/mol. The second kappa shape index (κ2) is 13.7. The lowest BCUT2D eigenvalue weighted by molar-refractivity contribution is -0.145. The Morgan fingerprint density at radius 3 is 2.62 bits per heavy atom. The number of nitrogens with one attached hydrogen (secondary N) is 3. The molecule has 2 aromatic rings. The van der Waals surface area contributed by atoms with Crippen LogP contribution < -0.4 is 20.7 Å². The summed E-state index contributed by atoms with van der Waals surface area (Å²) in [5.74, 6) is -0.431. The SMILES string of the molecule is Cc1ncsc1-c1ccc(CNC(=O)C2CC(O)CN2C(=O)C(NC(=O)C2(F)CC2)C(C)(C)C)c(OCCC2CCNCC2)c1. The minimum Gasteiger partial charge on any atom is -0.493 e. The first-order valence-electron chi connectivity index (χ1n) is 16.0. The number of ether oxygens (including phenoxy) is 1. The number of hydrogen-bond donors (Lipinski definition) is 4. The van der Waals surface area contributed by atoms with E-state index in [9.17, 15) is 23.9 Å². The standard InChI is InChI=1S/C33H46FN5O5S/c1-20-27(45-19-37-20)22-5-6-23(26(15-22)44-14-9-21-7-12-35-13-8-21)17-36-29(41)25-16-24(40)18-39(25)30(42)28(32(2,3)4)38-31(43)33(34)10-11-33/h5-6,15,19,21,24-25,28,35,40H,7-14,16-18H2,1-4H3,(H,36,41)(H,38,43). The Balaban J connectivity index is 1.28. The highest BCUT2D eigenvalue weighted by molar-refractivity contribution is 7.13. The van der Waals surface area contributed by atoms with E-state index in [-0.39, 0.29) is 32.4 Å². The Labute approximate surface area is 268 Å². The van der Waals surface area contributed by atoms with Gasteiger partial charge in [-0.2, -0.15) is 0 Å². The van der Waals surface area contributed by atoms with E-state index in [4.69, 9.17) is 4.74 Å². The summed E-state index contributed by atoms with van der Waals surface area (Å²) < 4.78 is 20.8. The van der Waals surface area contributed by atoms with Crippen LogP contribution in [0.1, 0.15) is 70.6 Å². The summed E-state index contributed by atoms with van der Waals surface area (Å²) in [6.07, 6.45) is 2.64. The van der Waals surface area contributed by atoms with Gasteiger partial charge in [-0.25, -0.2) is 9.37 Å². The molecular formula is C33H46FN5O5S. The number of aliphatic hydroxyl groups is 1. The summed E-state index contributed by atoms with van der Waals surface area (Å²) >= 11 is 1.56. The summed E-state index contributed by atoms with van der Waals surface area (Å²) in [6.45, 7) is 10.0. The Morgan fingerprint density at radius 1 is 1.24 bits per heavy atom. The van der Waals surface area contributed by atoms with E-state index in [1.54, 1.807) is 32.1 Å². The fourth-order valence-corrected chi connectivity index (χ4v) is 6.88. The fourth-order valence-electron chi connectivity index (χ4n) is 6.08. The number of aliphatic hydroxyl groups excluding tert-OH is 1. The van der Waals surface area contributed by atoms with Gasteiger partial charge in [0.25, 0.3) is 5.91 Å². The van der Waals surface area contributed by atoms with Crippen LogP contribution in [0.3, 0.4) is 0 Å². The molecule has 3 atom stereocenters. The average molecular weight is 644 g/mol. The molecule has 10 nitrogen and oxygen atoms in total. The van der Waals surface area contributed by atoms with E-state index in [2.05, 4.69) is 20.9 Å². The van der Waals surface area contributed by atoms with Crippen molar-refractivity contribution >= 4 is 29.1 Å². The average Bonchev–Trinajstić information content (AvgIpc) is 3.41. The molecule has 3 heterocycles. The quantitative estimate of drug-likeness (QED) is 0.295. The number of aryl methyl sites for hydroxylation is 1.